The SMILES string of the molecule is CC(=O)NCCCOCCN. The van der Waals surface area contributed by atoms with Crippen molar-refractivity contribution in [1.82, 2.24) is 5.32 Å². The van der Waals surface area contributed by atoms with Crippen LogP contribution in [-0.2, 0) is 9.53 Å². The minimum absolute atomic E-state index is 0.00354. The van der Waals surface area contributed by atoms with Crippen molar-refractivity contribution in [3.63, 3.8) is 0 Å². The highest BCUT2D eigenvalue weighted by molar-refractivity contribution is 5.72. The van der Waals surface area contributed by atoms with Gasteiger partial charge >= 0.3 is 0 Å². The second-order valence-electron chi connectivity index (χ2n) is 2.24. The average Bonchev–Trinajstić information content (AvgIpc) is 1.96. The summed E-state index contributed by atoms with van der Waals surface area (Å²) in [6.45, 7) is 4.00. The highest BCUT2D eigenvalue weighted by Gasteiger charge is 1.90. The summed E-state index contributed by atoms with van der Waals surface area (Å²) in [6.07, 6.45) is 0.847. The fourth-order valence-electron chi connectivity index (χ4n) is 0.624. The summed E-state index contributed by atoms with van der Waals surface area (Å²) in [5, 5.41) is 2.67. The molecule has 0 spiro atoms. The third-order valence-electron chi connectivity index (χ3n) is 1.10. The van der Waals surface area contributed by atoms with Gasteiger partial charge in [0.2, 0.25) is 5.91 Å². The van der Waals surface area contributed by atoms with Crippen molar-refractivity contribution in [1.29, 1.82) is 0 Å². The Morgan fingerprint density at radius 3 is 2.82 bits per heavy atom. The maximum absolute atomic E-state index is 10.4. The van der Waals surface area contributed by atoms with Gasteiger partial charge in [0, 0.05) is 26.6 Å². The van der Waals surface area contributed by atoms with E-state index in [0.717, 1.165) is 6.42 Å². The van der Waals surface area contributed by atoms with Crippen LogP contribution in [0.25, 0.3) is 0 Å². The summed E-state index contributed by atoms with van der Waals surface area (Å²) in [5.41, 5.74) is 5.20. The Bertz CT molecular complexity index is 107. The summed E-state index contributed by atoms with van der Waals surface area (Å²) in [7, 11) is 0. The molecule has 0 aromatic carbocycles. The van der Waals surface area contributed by atoms with E-state index in [1.54, 1.807) is 0 Å². The molecule has 0 atom stereocenters. The van der Waals surface area contributed by atoms with Gasteiger partial charge in [0.15, 0.2) is 0 Å². The molecule has 0 saturated heterocycles. The standard InChI is InChI=1S/C7H16N2O2/c1-7(10)9-4-2-5-11-6-3-8/h2-6,8H2,1H3,(H,9,10). The lowest BCUT2D eigenvalue weighted by atomic mass is 10.4. The molecular weight excluding hydrogens is 144 g/mol. The van der Waals surface area contributed by atoms with Crippen LogP contribution >= 0.6 is 0 Å². The van der Waals surface area contributed by atoms with E-state index in [1.165, 1.54) is 6.92 Å². The Morgan fingerprint density at radius 2 is 2.27 bits per heavy atom. The number of carbonyl (C=O) groups is 1. The van der Waals surface area contributed by atoms with Gasteiger partial charge in [-0.3, -0.25) is 4.79 Å². The van der Waals surface area contributed by atoms with Crippen LogP contribution in [0.2, 0.25) is 0 Å². The predicted molar refractivity (Wildman–Crippen MR) is 43.2 cm³/mol. The molecule has 0 aromatic heterocycles. The third-order valence-corrected chi connectivity index (χ3v) is 1.10. The topological polar surface area (TPSA) is 64.3 Å². The van der Waals surface area contributed by atoms with Gasteiger partial charge in [-0.15, -0.1) is 0 Å². The summed E-state index contributed by atoms with van der Waals surface area (Å²) in [5.74, 6) is 0.00354. The summed E-state index contributed by atoms with van der Waals surface area (Å²) < 4.78 is 5.09. The fourth-order valence-corrected chi connectivity index (χ4v) is 0.624. The summed E-state index contributed by atoms with van der Waals surface area (Å²) in [4.78, 5) is 10.4. The maximum Gasteiger partial charge on any atom is 0.216 e. The van der Waals surface area contributed by atoms with Crippen LogP contribution in [0.5, 0.6) is 0 Å². The third kappa shape index (κ3) is 9.39. The molecule has 0 radical (unpaired) electrons. The molecule has 0 unspecified atom stereocenters. The van der Waals surface area contributed by atoms with E-state index < -0.39 is 0 Å². The van der Waals surface area contributed by atoms with Gasteiger partial charge in [-0.2, -0.15) is 0 Å². The number of hydrogen-bond donors (Lipinski definition) is 2. The van der Waals surface area contributed by atoms with Crippen LogP contribution in [0.3, 0.4) is 0 Å². The van der Waals surface area contributed by atoms with Crippen LogP contribution in [-0.4, -0.2) is 32.2 Å². The van der Waals surface area contributed by atoms with Gasteiger partial charge in [-0.05, 0) is 6.42 Å². The van der Waals surface area contributed by atoms with Gasteiger partial charge < -0.3 is 15.8 Å². The molecule has 0 fully saturated rings. The molecule has 4 nitrogen and oxygen atoms in total. The molecule has 1 amide bonds. The molecule has 11 heavy (non-hydrogen) atoms. The van der Waals surface area contributed by atoms with Gasteiger partial charge in [-0.25, -0.2) is 0 Å². The molecule has 0 saturated carbocycles. The van der Waals surface area contributed by atoms with Crippen LogP contribution in [0, 0.1) is 0 Å². The quantitative estimate of drug-likeness (QED) is 0.514. The molecule has 4 heteroatoms. The molecule has 0 rings (SSSR count). The average molecular weight is 160 g/mol. The molecule has 66 valence electrons. The van der Waals surface area contributed by atoms with E-state index >= 15 is 0 Å². The van der Waals surface area contributed by atoms with Crippen molar-refractivity contribution in [2.75, 3.05) is 26.3 Å². The van der Waals surface area contributed by atoms with Gasteiger partial charge in [-0.1, -0.05) is 0 Å². The molecule has 0 bridgehead atoms. The molecule has 0 heterocycles. The van der Waals surface area contributed by atoms with E-state index in [2.05, 4.69) is 5.32 Å². The molecule has 0 aliphatic rings. The van der Waals surface area contributed by atoms with Crippen LogP contribution in [0.4, 0.5) is 0 Å². The first-order valence-corrected chi connectivity index (χ1v) is 3.79. The Kier molecular flexibility index (Phi) is 7.08. The zero-order valence-corrected chi connectivity index (χ0v) is 6.93. The lowest BCUT2D eigenvalue weighted by Crippen LogP contribution is -2.22. The fraction of sp³-hybridized carbons (Fsp3) is 0.857. The van der Waals surface area contributed by atoms with E-state index in [0.29, 0.717) is 26.3 Å². The first kappa shape index (κ1) is 10.4. The molecular formula is C7H16N2O2. The number of carbonyl (C=O) groups excluding carboxylic acids is 1. The minimum Gasteiger partial charge on any atom is -0.380 e. The Hall–Kier alpha value is -0.610. The van der Waals surface area contributed by atoms with Crippen molar-refractivity contribution in [3.8, 4) is 0 Å². The molecule has 0 aromatic rings. The van der Waals surface area contributed by atoms with Crippen molar-refractivity contribution >= 4 is 5.91 Å². The van der Waals surface area contributed by atoms with Gasteiger partial charge in [0.05, 0.1) is 6.61 Å². The van der Waals surface area contributed by atoms with Gasteiger partial charge in [0.25, 0.3) is 0 Å². The van der Waals surface area contributed by atoms with Crippen molar-refractivity contribution in [2.24, 2.45) is 5.73 Å². The Balaban J connectivity index is 2.85. The normalized spacial score (nSPS) is 9.64. The predicted octanol–water partition coefficient (Wildman–Crippen LogP) is -0.512. The maximum atomic E-state index is 10.4. The number of ether oxygens (including phenoxy) is 1. The second-order valence-corrected chi connectivity index (χ2v) is 2.24. The Labute approximate surface area is 67.1 Å². The monoisotopic (exact) mass is 160 g/mol. The van der Waals surface area contributed by atoms with Crippen molar-refractivity contribution < 1.29 is 9.53 Å². The summed E-state index contributed by atoms with van der Waals surface area (Å²) in [6, 6.07) is 0. The molecule has 0 aliphatic heterocycles. The number of nitrogens with one attached hydrogen (secondary N) is 1. The van der Waals surface area contributed by atoms with E-state index in [9.17, 15) is 4.79 Å². The largest absolute Gasteiger partial charge is 0.380 e. The number of hydrogen-bond acceptors (Lipinski definition) is 3. The zero-order chi connectivity index (χ0) is 8.53. The number of nitrogens with two attached hydrogens (primary N) is 1. The van der Waals surface area contributed by atoms with E-state index in [-0.39, 0.29) is 5.91 Å². The smallest absolute Gasteiger partial charge is 0.216 e. The minimum atomic E-state index is 0.00354. The van der Waals surface area contributed by atoms with Gasteiger partial charge in [0.1, 0.15) is 0 Å². The van der Waals surface area contributed by atoms with Crippen LogP contribution in [0.15, 0.2) is 0 Å². The van der Waals surface area contributed by atoms with Crippen LogP contribution < -0.4 is 11.1 Å². The molecule has 0 aliphatic carbocycles. The highest BCUT2D eigenvalue weighted by Crippen LogP contribution is 1.79. The summed E-state index contributed by atoms with van der Waals surface area (Å²) >= 11 is 0. The van der Waals surface area contributed by atoms with Crippen molar-refractivity contribution in [2.45, 2.75) is 13.3 Å². The van der Waals surface area contributed by atoms with E-state index in [4.69, 9.17) is 10.5 Å². The number of amides is 1. The molecule has 3 N–H and O–H groups in total. The first-order valence-electron chi connectivity index (χ1n) is 3.79. The highest BCUT2D eigenvalue weighted by atomic mass is 16.5. The van der Waals surface area contributed by atoms with Crippen LogP contribution in [0.1, 0.15) is 13.3 Å². The zero-order valence-electron chi connectivity index (χ0n) is 6.93. The second kappa shape index (κ2) is 7.50. The van der Waals surface area contributed by atoms with E-state index in [1.807, 2.05) is 0 Å². The lowest BCUT2D eigenvalue weighted by molar-refractivity contribution is -0.119. The Morgan fingerprint density at radius 1 is 1.55 bits per heavy atom. The first-order chi connectivity index (χ1) is 5.27. The van der Waals surface area contributed by atoms with Crippen molar-refractivity contribution in [3.05, 3.63) is 0 Å². The lowest BCUT2D eigenvalue weighted by Gasteiger charge is -2.02. The number of rotatable bonds is 6.